The SMILES string of the molecule is COc1ccc(NC(=O)NCCc2ccsc2)c(OC)c1. The Morgan fingerprint density at radius 1 is 1.24 bits per heavy atom. The molecule has 0 aliphatic heterocycles. The van der Waals surface area contributed by atoms with Gasteiger partial charge in [0.25, 0.3) is 0 Å². The van der Waals surface area contributed by atoms with E-state index in [1.165, 1.54) is 5.56 Å². The van der Waals surface area contributed by atoms with Crippen LogP contribution in [0.25, 0.3) is 0 Å². The first-order valence-corrected chi connectivity index (χ1v) is 7.45. The van der Waals surface area contributed by atoms with Gasteiger partial charge in [0, 0.05) is 12.6 Å². The molecule has 5 nitrogen and oxygen atoms in total. The summed E-state index contributed by atoms with van der Waals surface area (Å²) in [7, 11) is 3.13. The number of urea groups is 1. The number of anilines is 1. The number of carbonyl (C=O) groups is 1. The van der Waals surface area contributed by atoms with E-state index in [1.807, 2.05) is 5.38 Å². The zero-order chi connectivity index (χ0) is 15.1. The fourth-order valence-electron chi connectivity index (χ4n) is 1.82. The van der Waals surface area contributed by atoms with Gasteiger partial charge >= 0.3 is 6.03 Å². The Kier molecular flexibility index (Phi) is 5.45. The molecule has 6 heteroatoms. The number of hydrogen-bond donors (Lipinski definition) is 2. The number of methoxy groups -OCH3 is 2. The molecule has 1 heterocycles. The summed E-state index contributed by atoms with van der Waals surface area (Å²) in [6, 6.07) is 7.03. The minimum atomic E-state index is -0.256. The molecule has 1 aromatic heterocycles. The topological polar surface area (TPSA) is 59.6 Å². The van der Waals surface area contributed by atoms with Crippen LogP contribution < -0.4 is 20.1 Å². The molecule has 0 radical (unpaired) electrons. The van der Waals surface area contributed by atoms with E-state index in [9.17, 15) is 4.79 Å². The molecule has 0 saturated carbocycles. The summed E-state index contributed by atoms with van der Waals surface area (Å²) in [5.41, 5.74) is 1.83. The fourth-order valence-corrected chi connectivity index (χ4v) is 2.53. The molecule has 0 bridgehead atoms. The average molecular weight is 306 g/mol. The average Bonchev–Trinajstić information content (AvgIpc) is 3.01. The minimum Gasteiger partial charge on any atom is -0.497 e. The summed E-state index contributed by atoms with van der Waals surface area (Å²) in [4.78, 5) is 11.9. The highest BCUT2D eigenvalue weighted by molar-refractivity contribution is 7.07. The maximum atomic E-state index is 11.9. The number of nitrogens with one attached hydrogen (secondary N) is 2. The van der Waals surface area contributed by atoms with Gasteiger partial charge in [0.2, 0.25) is 0 Å². The molecule has 0 saturated heterocycles. The smallest absolute Gasteiger partial charge is 0.319 e. The van der Waals surface area contributed by atoms with Crippen molar-refractivity contribution in [3.63, 3.8) is 0 Å². The van der Waals surface area contributed by atoms with E-state index in [0.29, 0.717) is 23.7 Å². The predicted molar refractivity (Wildman–Crippen MR) is 84.6 cm³/mol. The van der Waals surface area contributed by atoms with Crippen LogP contribution in [0.3, 0.4) is 0 Å². The van der Waals surface area contributed by atoms with Crippen molar-refractivity contribution in [2.75, 3.05) is 26.1 Å². The molecule has 2 aromatic rings. The lowest BCUT2D eigenvalue weighted by Crippen LogP contribution is -2.30. The number of carbonyl (C=O) groups excluding carboxylic acids is 1. The molecule has 0 aliphatic rings. The largest absolute Gasteiger partial charge is 0.497 e. The summed E-state index contributed by atoms with van der Waals surface area (Å²) < 4.78 is 10.3. The molecule has 0 atom stereocenters. The molecule has 2 amide bonds. The van der Waals surface area contributed by atoms with Crippen molar-refractivity contribution in [3.8, 4) is 11.5 Å². The highest BCUT2D eigenvalue weighted by atomic mass is 32.1. The third kappa shape index (κ3) is 4.39. The van der Waals surface area contributed by atoms with Gasteiger partial charge < -0.3 is 20.1 Å². The van der Waals surface area contributed by atoms with Crippen LogP contribution in [0.1, 0.15) is 5.56 Å². The molecular weight excluding hydrogens is 288 g/mol. The van der Waals surface area contributed by atoms with Crippen molar-refractivity contribution in [2.45, 2.75) is 6.42 Å². The van der Waals surface area contributed by atoms with Crippen molar-refractivity contribution < 1.29 is 14.3 Å². The van der Waals surface area contributed by atoms with Gasteiger partial charge in [-0.15, -0.1) is 0 Å². The number of amides is 2. The van der Waals surface area contributed by atoms with Crippen LogP contribution in [0.2, 0.25) is 0 Å². The predicted octanol–water partition coefficient (Wildman–Crippen LogP) is 3.13. The number of ether oxygens (including phenoxy) is 2. The normalized spacial score (nSPS) is 10.0. The van der Waals surface area contributed by atoms with E-state index in [0.717, 1.165) is 6.42 Å². The van der Waals surface area contributed by atoms with E-state index in [1.54, 1.807) is 43.8 Å². The fraction of sp³-hybridized carbons (Fsp3) is 0.267. The van der Waals surface area contributed by atoms with Crippen LogP contribution in [0.15, 0.2) is 35.0 Å². The van der Waals surface area contributed by atoms with Gasteiger partial charge in [-0.05, 0) is 40.9 Å². The third-order valence-corrected chi connectivity index (χ3v) is 3.67. The highest BCUT2D eigenvalue weighted by Gasteiger charge is 2.08. The van der Waals surface area contributed by atoms with Gasteiger partial charge in [-0.25, -0.2) is 4.79 Å². The monoisotopic (exact) mass is 306 g/mol. The van der Waals surface area contributed by atoms with Gasteiger partial charge in [0.1, 0.15) is 11.5 Å². The second-order valence-corrected chi connectivity index (χ2v) is 5.11. The lowest BCUT2D eigenvalue weighted by atomic mass is 10.2. The van der Waals surface area contributed by atoms with E-state index in [4.69, 9.17) is 9.47 Å². The maximum absolute atomic E-state index is 11.9. The van der Waals surface area contributed by atoms with Crippen molar-refractivity contribution in [1.29, 1.82) is 0 Å². The van der Waals surface area contributed by atoms with Crippen LogP contribution in [-0.4, -0.2) is 26.8 Å². The van der Waals surface area contributed by atoms with Gasteiger partial charge in [-0.1, -0.05) is 0 Å². The van der Waals surface area contributed by atoms with Gasteiger partial charge in [0.15, 0.2) is 0 Å². The third-order valence-electron chi connectivity index (χ3n) is 2.94. The van der Waals surface area contributed by atoms with Crippen LogP contribution >= 0.6 is 11.3 Å². The molecule has 0 unspecified atom stereocenters. The molecule has 1 aromatic carbocycles. The number of rotatable bonds is 6. The standard InChI is InChI=1S/C15H18N2O3S/c1-19-12-3-4-13(14(9-12)20-2)17-15(18)16-7-5-11-6-8-21-10-11/h3-4,6,8-10H,5,7H2,1-2H3,(H2,16,17,18). The van der Waals surface area contributed by atoms with Gasteiger partial charge in [-0.2, -0.15) is 11.3 Å². The van der Waals surface area contributed by atoms with Crippen molar-refractivity contribution in [2.24, 2.45) is 0 Å². The molecule has 2 rings (SSSR count). The number of thiophene rings is 1. The Morgan fingerprint density at radius 2 is 2.10 bits per heavy atom. The van der Waals surface area contributed by atoms with E-state index >= 15 is 0 Å². The molecular formula is C15H18N2O3S. The molecule has 112 valence electrons. The van der Waals surface area contributed by atoms with Crippen LogP contribution in [0.5, 0.6) is 11.5 Å². The van der Waals surface area contributed by atoms with E-state index in [2.05, 4.69) is 22.1 Å². The minimum absolute atomic E-state index is 0.256. The lowest BCUT2D eigenvalue weighted by molar-refractivity contribution is 0.252. The molecule has 0 spiro atoms. The Labute approximate surface area is 127 Å². The molecule has 2 N–H and O–H groups in total. The summed E-state index contributed by atoms with van der Waals surface area (Å²) in [5.74, 6) is 1.23. The van der Waals surface area contributed by atoms with Crippen molar-refractivity contribution in [3.05, 3.63) is 40.6 Å². The van der Waals surface area contributed by atoms with Gasteiger partial charge in [-0.3, -0.25) is 0 Å². The van der Waals surface area contributed by atoms with Gasteiger partial charge in [0.05, 0.1) is 19.9 Å². The molecule has 21 heavy (non-hydrogen) atoms. The quantitative estimate of drug-likeness (QED) is 0.862. The first-order valence-electron chi connectivity index (χ1n) is 6.51. The lowest BCUT2D eigenvalue weighted by Gasteiger charge is -2.12. The van der Waals surface area contributed by atoms with Crippen LogP contribution in [-0.2, 0) is 6.42 Å². The zero-order valence-electron chi connectivity index (χ0n) is 12.0. The second kappa shape index (κ2) is 7.54. The number of hydrogen-bond acceptors (Lipinski definition) is 4. The second-order valence-electron chi connectivity index (χ2n) is 4.33. The van der Waals surface area contributed by atoms with Crippen LogP contribution in [0, 0.1) is 0 Å². The summed E-state index contributed by atoms with van der Waals surface area (Å²) in [6.07, 6.45) is 0.816. The highest BCUT2D eigenvalue weighted by Crippen LogP contribution is 2.28. The van der Waals surface area contributed by atoms with E-state index < -0.39 is 0 Å². The maximum Gasteiger partial charge on any atom is 0.319 e. The first kappa shape index (κ1) is 15.2. The first-order chi connectivity index (χ1) is 10.2. The van der Waals surface area contributed by atoms with Crippen molar-refractivity contribution >= 4 is 23.1 Å². The Balaban J connectivity index is 1.87. The zero-order valence-corrected chi connectivity index (χ0v) is 12.8. The van der Waals surface area contributed by atoms with E-state index in [-0.39, 0.29) is 6.03 Å². The Morgan fingerprint density at radius 3 is 2.76 bits per heavy atom. The Hall–Kier alpha value is -2.21. The summed E-state index contributed by atoms with van der Waals surface area (Å²) in [5, 5.41) is 9.68. The summed E-state index contributed by atoms with van der Waals surface area (Å²) >= 11 is 1.65. The summed E-state index contributed by atoms with van der Waals surface area (Å²) in [6.45, 7) is 0.584. The molecule has 0 fully saturated rings. The van der Waals surface area contributed by atoms with Crippen LogP contribution in [0.4, 0.5) is 10.5 Å². The molecule has 0 aliphatic carbocycles. The van der Waals surface area contributed by atoms with Crippen molar-refractivity contribution in [1.82, 2.24) is 5.32 Å². The number of benzene rings is 1. The Bertz CT molecular complexity index is 585.